The van der Waals surface area contributed by atoms with Crippen LogP contribution >= 0.6 is 0 Å². The summed E-state index contributed by atoms with van der Waals surface area (Å²) in [4.78, 5) is 13.8. The van der Waals surface area contributed by atoms with Crippen LogP contribution in [0.25, 0.3) is 11.3 Å². The molecule has 0 saturated carbocycles. The molecule has 9 heteroatoms. The summed E-state index contributed by atoms with van der Waals surface area (Å²) in [5.41, 5.74) is -0.0718. The summed E-state index contributed by atoms with van der Waals surface area (Å²) in [6, 6.07) is 8.50. The number of halogens is 3. The van der Waals surface area contributed by atoms with Crippen molar-refractivity contribution in [2.24, 2.45) is 0 Å². The Balaban J connectivity index is 2.05. The molecule has 1 aromatic heterocycles. The van der Waals surface area contributed by atoms with Crippen LogP contribution in [0.5, 0.6) is 0 Å². The molecule has 0 N–H and O–H groups in total. The van der Waals surface area contributed by atoms with Crippen molar-refractivity contribution in [3.05, 3.63) is 42.4 Å². The normalized spacial score (nSPS) is 16.4. The number of hydrogen-bond donors (Lipinski definition) is 0. The molecular formula is C17H18F3N5O. The van der Waals surface area contributed by atoms with Gasteiger partial charge in [0.05, 0.1) is 11.3 Å². The molecule has 0 amide bonds. The number of Topliss-reactive ketones (excluding diaryl/α,β-unsaturated/α-hetero) is 1. The number of para-hydroxylation sites is 1. The van der Waals surface area contributed by atoms with Gasteiger partial charge in [-0.05, 0) is 35.4 Å². The lowest BCUT2D eigenvalue weighted by molar-refractivity contribution is -0.164. The van der Waals surface area contributed by atoms with Crippen molar-refractivity contribution in [1.29, 1.82) is 0 Å². The SMILES string of the molecule is O=C(/C(=C\N1CCCCCC1)c1nnnn1-c1ccccc1)C(F)(F)F. The molecule has 0 spiro atoms. The van der Waals surface area contributed by atoms with E-state index in [4.69, 9.17) is 0 Å². The molecule has 26 heavy (non-hydrogen) atoms. The van der Waals surface area contributed by atoms with E-state index in [1.165, 1.54) is 6.20 Å². The van der Waals surface area contributed by atoms with E-state index in [1.807, 2.05) is 0 Å². The first kappa shape index (κ1) is 18.1. The predicted octanol–water partition coefficient (Wildman–Crippen LogP) is 3.01. The number of alkyl halides is 3. The fraction of sp³-hybridized carbons (Fsp3) is 0.412. The van der Waals surface area contributed by atoms with Gasteiger partial charge < -0.3 is 4.90 Å². The van der Waals surface area contributed by atoms with E-state index in [2.05, 4.69) is 15.5 Å². The molecule has 2 aromatic rings. The number of carbonyl (C=O) groups is 1. The van der Waals surface area contributed by atoms with Crippen LogP contribution < -0.4 is 0 Å². The Bertz CT molecular complexity index is 777. The second-order valence-corrected chi connectivity index (χ2v) is 6.07. The van der Waals surface area contributed by atoms with Crippen LogP contribution in [0.2, 0.25) is 0 Å². The topological polar surface area (TPSA) is 63.9 Å². The van der Waals surface area contributed by atoms with Gasteiger partial charge in [-0.25, -0.2) is 0 Å². The van der Waals surface area contributed by atoms with E-state index >= 15 is 0 Å². The molecule has 1 saturated heterocycles. The fourth-order valence-corrected chi connectivity index (χ4v) is 2.88. The molecule has 0 aliphatic carbocycles. The van der Waals surface area contributed by atoms with Crippen LogP contribution in [0.3, 0.4) is 0 Å². The molecule has 0 radical (unpaired) electrons. The van der Waals surface area contributed by atoms with Crippen molar-refractivity contribution in [2.45, 2.75) is 31.9 Å². The van der Waals surface area contributed by atoms with Crippen LogP contribution in [-0.4, -0.2) is 50.2 Å². The summed E-state index contributed by atoms with van der Waals surface area (Å²) >= 11 is 0. The third-order valence-corrected chi connectivity index (χ3v) is 4.17. The monoisotopic (exact) mass is 365 g/mol. The van der Waals surface area contributed by atoms with Gasteiger partial charge in [0.2, 0.25) is 0 Å². The maximum absolute atomic E-state index is 13.2. The van der Waals surface area contributed by atoms with E-state index in [0.29, 0.717) is 18.8 Å². The van der Waals surface area contributed by atoms with Crippen LogP contribution in [0.4, 0.5) is 13.2 Å². The first-order valence-electron chi connectivity index (χ1n) is 8.38. The third kappa shape index (κ3) is 4.09. The second kappa shape index (κ2) is 7.67. The van der Waals surface area contributed by atoms with Gasteiger partial charge in [0.15, 0.2) is 5.82 Å². The maximum atomic E-state index is 13.2. The average Bonchev–Trinajstić information content (AvgIpc) is 2.96. The highest BCUT2D eigenvalue weighted by Gasteiger charge is 2.43. The molecule has 1 aliphatic heterocycles. The fourth-order valence-electron chi connectivity index (χ4n) is 2.88. The molecule has 0 atom stereocenters. The summed E-state index contributed by atoms with van der Waals surface area (Å²) < 4.78 is 40.7. The molecule has 1 aliphatic rings. The Kier molecular flexibility index (Phi) is 5.34. The highest BCUT2D eigenvalue weighted by molar-refractivity contribution is 6.22. The lowest BCUT2D eigenvalue weighted by Gasteiger charge is -2.19. The number of benzene rings is 1. The molecule has 6 nitrogen and oxygen atoms in total. The summed E-state index contributed by atoms with van der Waals surface area (Å²) in [6.07, 6.45) is 0.0297. The van der Waals surface area contributed by atoms with Crippen molar-refractivity contribution >= 4 is 11.4 Å². The van der Waals surface area contributed by atoms with E-state index in [0.717, 1.165) is 30.4 Å². The zero-order chi connectivity index (χ0) is 18.6. The Morgan fingerprint density at radius 1 is 1.04 bits per heavy atom. The quantitative estimate of drug-likeness (QED) is 0.780. The van der Waals surface area contributed by atoms with Crippen molar-refractivity contribution in [2.75, 3.05) is 13.1 Å². The molecule has 1 aromatic carbocycles. The van der Waals surface area contributed by atoms with Crippen molar-refractivity contribution in [1.82, 2.24) is 25.1 Å². The number of hydrogen-bond acceptors (Lipinski definition) is 5. The Morgan fingerprint density at radius 3 is 2.31 bits per heavy atom. The van der Waals surface area contributed by atoms with E-state index in [1.54, 1.807) is 35.2 Å². The lowest BCUT2D eigenvalue weighted by atomic mass is 10.1. The van der Waals surface area contributed by atoms with Crippen molar-refractivity contribution in [3.63, 3.8) is 0 Å². The molecule has 1 fully saturated rings. The highest BCUT2D eigenvalue weighted by Crippen LogP contribution is 2.27. The molecule has 0 bridgehead atoms. The number of carbonyl (C=O) groups excluding carboxylic acids is 1. The van der Waals surface area contributed by atoms with Crippen molar-refractivity contribution in [3.8, 4) is 5.69 Å². The van der Waals surface area contributed by atoms with Gasteiger partial charge in [0.1, 0.15) is 0 Å². The number of tetrazole rings is 1. The molecule has 3 rings (SSSR count). The molecule has 2 heterocycles. The van der Waals surface area contributed by atoms with Crippen LogP contribution in [0.15, 0.2) is 36.5 Å². The third-order valence-electron chi connectivity index (χ3n) is 4.17. The first-order valence-corrected chi connectivity index (χ1v) is 8.38. The van der Waals surface area contributed by atoms with Gasteiger partial charge in [-0.15, -0.1) is 5.10 Å². The molecule has 138 valence electrons. The smallest absolute Gasteiger partial charge is 0.377 e. The minimum absolute atomic E-state index is 0.220. The number of ketones is 1. The van der Waals surface area contributed by atoms with Gasteiger partial charge in [-0.1, -0.05) is 31.0 Å². The Labute approximate surface area is 148 Å². The number of likely N-dealkylation sites (tertiary alicyclic amines) is 1. The van der Waals surface area contributed by atoms with Gasteiger partial charge >= 0.3 is 6.18 Å². The van der Waals surface area contributed by atoms with Gasteiger partial charge in [0.25, 0.3) is 5.78 Å². The average molecular weight is 365 g/mol. The van der Waals surface area contributed by atoms with Crippen LogP contribution in [0, 0.1) is 0 Å². The van der Waals surface area contributed by atoms with E-state index in [9.17, 15) is 18.0 Å². The zero-order valence-corrected chi connectivity index (χ0v) is 14.0. The summed E-state index contributed by atoms with van der Waals surface area (Å²) in [5.74, 6) is -2.17. The van der Waals surface area contributed by atoms with Crippen molar-refractivity contribution < 1.29 is 18.0 Å². The number of rotatable bonds is 4. The Hall–Kier alpha value is -2.71. The predicted molar refractivity (Wildman–Crippen MR) is 88.2 cm³/mol. The zero-order valence-electron chi connectivity index (χ0n) is 14.0. The summed E-state index contributed by atoms with van der Waals surface area (Å²) in [5, 5.41) is 10.9. The number of nitrogens with zero attached hydrogens (tertiary/aromatic N) is 5. The van der Waals surface area contributed by atoms with Gasteiger partial charge in [0, 0.05) is 19.3 Å². The lowest BCUT2D eigenvalue weighted by Crippen LogP contribution is -2.28. The van der Waals surface area contributed by atoms with Crippen LogP contribution in [0.1, 0.15) is 31.5 Å². The highest BCUT2D eigenvalue weighted by atomic mass is 19.4. The minimum atomic E-state index is -5.01. The molecular weight excluding hydrogens is 347 g/mol. The second-order valence-electron chi connectivity index (χ2n) is 6.07. The van der Waals surface area contributed by atoms with Gasteiger partial charge in [-0.3, -0.25) is 4.79 Å². The standard InChI is InChI=1S/C17H18F3N5O/c18-17(19,20)15(26)14(12-24-10-6-1-2-7-11-24)16-21-22-23-25(16)13-8-4-3-5-9-13/h3-5,8-9,12H,1-2,6-7,10-11H2/b14-12+. The Morgan fingerprint density at radius 2 is 1.69 bits per heavy atom. The van der Waals surface area contributed by atoms with E-state index in [-0.39, 0.29) is 5.82 Å². The summed E-state index contributed by atoms with van der Waals surface area (Å²) in [7, 11) is 0. The largest absolute Gasteiger partial charge is 0.455 e. The minimum Gasteiger partial charge on any atom is -0.377 e. The van der Waals surface area contributed by atoms with Crippen LogP contribution in [-0.2, 0) is 4.79 Å². The number of aromatic nitrogens is 4. The first-order chi connectivity index (χ1) is 12.5. The van der Waals surface area contributed by atoms with E-state index < -0.39 is 17.5 Å². The number of allylic oxidation sites excluding steroid dienone is 1. The van der Waals surface area contributed by atoms with Gasteiger partial charge in [-0.2, -0.15) is 17.9 Å². The molecule has 0 unspecified atom stereocenters. The maximum Gasteiger partial charge on any atom is 0.455 e. The summed E-state index contributed by atoms with van der Waals surface area (Å²) in [6.45, 7) is 1.20.